The molecule has 2 N–H and O–H groups in total. The van der Waals surface area contributed by atoms with Gasteiger partial charge in [0.15, 0.2) is 0 Å². The second-order valence-electron chi connectivity index (χ2n) is 5.87. The van der Waals surface area contributed by atoms with Gasteiger partial charge in [-0.25, -0.2) is 22.3 Å². The molecule has 2 rings (SSSR count). The van der Waals surface area contributed by atoms with Gasteiger partial charge in [-0.2, -0.15) is 0 Å². The number of anilines is 1. The molecule has 1 atom stereocenters. The Kier molecular flexibility index (Phi) is 5.85. The molecule has 1 aromatic rings. The lowest BCUT2D eigenvalue weighted by Crippen LogP contribution is -2.44. The molecule has 1 heterocycles. The van der Waals surface area contributed by atoms with Crippen LogP contribution in [0.3, 0.4) is 0 Å². The molecule has 138 valence electrons. The van der Waals surface area contributed by atoms with E-state index in [-0.39, 0.29) is 17.0 Å². The maximum Gasteiger partial charge on any atom is 0.410 e. The topological polar surface area (TPSA) is 108 Å². The first kappa shape index (κ1) is 19.0. The Morgan fingerprint density at radius 3 is 2.48 bits per heavy atom. The maximum atomic E-state index is 12.0. The summed E-state index contributed by atoms with van der Waals surface area (Å²) in [7, 11) is -0.602. The Balaban J connectivity index is 1.89. The number of benzene rings is 1. The Bertz CT molecular complexity index is 733. The number of hydrogen-bond donors (Lipinski definition) is 2. The summed E-state index contributed by atoms with van der Waals surface area (Å²) in [5, 5.41) is 5.34. The zero-order chi connectivity index (χ0) is 18.6. The van der Waals surface area contributed by atoms with Crippen molar-refractivity contribution in [2.45, 2.75) is 17.9 Å². The van der Waals surface area contributed by atoms with E-state index in [1.807, 2.05) is 0 Å². The molecule has 1 unspecified atom stereocenters. The molecule has 25 heavy (non-hydrogen) atoms. The second kappa shape index (κ2) is 7.70. The van der Waals surface area contributed by atoms with Gasteiger partial charge in [-0.3, -0.25) is 0 Å². The number of cyclic esters (lactones) is 1. The summed E-state index contributed by atoms with van der Waals surface area (Å²) in [5.74, 6) is 0. The lowest BCUT2D eigenvalue weighted by atomic mass is 10.3. The molecular formula is C15H22N4O5S. The fourth-order valence-corrected chi connectivity index (χ4v) is 3.18. The molecule has 1 aromatic carbocycles. The van der Waals surface area contributed by atoms with Gasteiger partial charge in [-0.15, -0.1) is 0 Å². The third-order valence-electron chi connectivity index (χ3n) is 3.61. The number of sulfonamides is 1. The highest BCUT2D eigenvalue weighted by atomic mass is 32.2. The molecule has 0 aromatic heterocycles. The first-order chi connectivity index (χ1) is 11.7. The first-order valence-corrected chi connectivity index (χ1v) is 9.16. The summed E-state index contributed by atoms with van der Waals surface area (Å²) in [6.45, 7) is 3.00. The quantitative estimate of drug-likeness (QED) is 0.773. The summed E-state index contributed by atoms with van der Waals surface area (Å²) in [6, 6.07) is 5.17. The Hall–Kier alpha value is -2.33. The van der Waals surface area contributed by atoms with Crippen LogP contribution >= 0.6 is 0 Å². The normalized spacial score (nSPS) is 15.8. The Labute approximate surface area is 147 Å². The number of rotatable bonds is 6. The van der Waals surface area contributed by atoms with Crippen LogP contribution in [0.15, 0.2) is 29.2 Å². The van der Waals surface area contributed by atoms with Crippen LogP contribution in [0.2, 0.25) is 0 Å². The zero-order valence-corrected chi connectivity index (χ0v) is 15.2. The van der Waals surface area contributed by atoms with Crippen LogP contribution in [-0.4, -0.2) is 69.6 Å². The first-order valence-electron chi connectivity index (χ1n) is 7.72. The van der Waals surface area contributed by atoms with Crippen molar-refractivity contribution in [3.05, 3.63) is 24.3 Å². The van der Waals surface area contributed by atoms with Crippen LogP contribution in [0.1, 0.15) is 6.92 Å². The molecule has 0 radical (unpaired) electrons. The van der Waals surface area contributed by atoms with Crippen molar-refractivity contribution < 1.29 is 22.7 Å². The summed E-state index contributed by atoms with van der Waals surface area (Å²) in [4.78, 5) is 25.0. The molecule has 0 saturated carbocycles. The van der Waals surface area contributed by atoms with Gasteiger partial charge in [0.1, 0.15) is 6.61 Å². The van der Waals surface area contributed by atoms with Gasteiger partial charge in [0, 0.05) is 32.4 Å². The molecule has 1 saturated heterocycles. The highest BCUT2D eigenvalue weighted by Gasteiger charge is 2.24. The lowest BCUT2D eigenvalue weighted by molar-refractivity contribution is 0.156. The minimum atomic E-state index is -3.50. The van der Waals surface area contributed by atoms with Gasteiger partial charge >= 0.3 is 12.1 Å². The predicted octanol–water partition coefficient (Wildman–Crippen LogP) is 0.899. The van der Waals surface area contributed by atoms with Gasteiger partial charge in [0.2, 0.25) is 10.0 Å². The van der Waals surface area contributed by atoms with Gasteiger partial charge in [-0.1, -0.05) is 0 Å². The van der Waals surface area contributed by atoms with Crippen molar-refractivity contribution in [2.75, 3.05) is 39.1 Å². The smallest absolute Gasteiger partial charge is 0.410 e. The minimum absolute atomic E-state index is 0.143. The van der Waals surface area contributed by atoms with Crippen molar-refractivity contribution in [1.29, 1.82) is 0 Å². The number of hydrogen-bond acceptors (Lipinski definition) is 5. The number of nitrogens with one attached hydrogen (secondary N) is 2. The second-order valence-corrected chi connectivity index (χ2v) is 8.02. The molecule has 3 amide bonds. The van der Waals surface area contributed by atoms with E-state index in [4.69, 9.17) is 4.74 Å². The van der Waals surface area contributed by atoms with Crippen LogP contribution in [-0.2, 0) is 14.8 Å². The predicted molar refractivity (Wildman–Crippen MR) is 91.9 cm³/mol. The van der Waals surface area contributed by atoms with Crippen molar-refractivity contribution >= 4 is 27.8 Å². The molecule has 0 spiro atoms. The van der Waals surface area contributed by atoms with E-state index < -0.39 is 16.1 Å². The van der Waals surface area contributed by atoms with E-state index in [1.165, 1.54) is 43.3 Å². The molecule has 0 bridgehead atoms. The summed E-state index contributed by atoms with van der Waals surface area (Å²) in [6.07, 6.45) is -0.383. The van der Waals surface area contributed by atoms with E-state index in [1.54, 1.807) is 6.92 Å². The van der Waals surface area contributed by atoms with Crippen LogP contribution < -0.4 is 10.6 Å². The molecule has 1 aliphatic rings. The van der Waals surface area contributed by atoms with Crippen LogP contribution in [0.4, 0.5) is 15.3 Å². The molecule has 9 nitrogen and oxygen atoms in total. The highest BCUT2D eigenvalue weighted by Crippen LogP contribution is 2.16. The van der Waals surface area contributed by atoms with Gasteiger partial charge in [-0.05, 0) is 31.2 Å². The van der Waals surface area contributed by atoms with Crippen LogP contribution in [0.25, 0.3) is 0 Å². The molecule has 1 aliphatic heterocycles. The standard InChI is InChI=1S/C15H22N4O5S/c1-11(10-19-8-9-24-15(19)21)16-14(20)17-12-4-6-13(7-5-12)25(22,23)18(2)3/h4-7,11H,8-10H2,1-3H3,(H2,16,17,20). The third kappa shape index (κ3) is 4.83. The molecule has 1 fully saturated rings. The van der Waals surface area contributed by atoms with E-state index in [0.29, 0.717) is 25.4 Å². The lowest BCUT2D eigenvalue weighted by Gasteiger charge is -2.20. The van der Waals surface area contributed by atoms with Gasteiger partial charge in [0.25, 0.3) is 0 Å². The molecule has 10 heteroatoms. The number of urea groups is 1. The number of carbonyl (C=O) groups is 2. The largest absolute Gasteiger partial charge is 0.448 e. The maximum absolute atomic E-state index is 12.0. The van der Waals surface area contributed by atoms with E-state index in [2.05, 4.69) is 10.6 Å². The summed E-state index contributed by atoms with van der Waals surface area (Å²) in [5.41, 5.74) is 0.461. The van der Waals surface area contributed by atoms with Gasteiger partial charge < -0.3 is 20.3 Å². The van der Waals surface area contributed by atoms with Crippen molar-refractivity contribution in [3.63, 3.8) is 0 Å². The average Bonchev–Trinajstić information content (AvgIpc) is 2.92. The third-order valence-corrected chi connectivity index (χ3v) is 5.44. The Morgan fingerprint density at radius 1 is 1.32 bits per heavy atom. The highest BCUT2D eigenvalue weighted by molar-refractivity contribution is 7.89. The van der Waals surface area contributed by atoms with Gasteiger partial charge in [0.05, 0.1) is 11.4 Å². The monoisotopic (exact) mass is 370 g/mol. The molecule has 0 aliphatic carbocycles. The summed E-state index contributed by atoms with van der Waals surface area (Å²) < 4.78 is 29.9. The van der Waals surface area contributed by atoms with Crippen molar-refractivity contribution in [3.8, 4) is 0 Å². The fraction of sp³-hybridized carbons (Fsp3) is 0.467. The van der Waals surface area contributed by atoms with Crippen molar-refractivity contribution in [1.82, 2.24) is 14.5 Å². The van der Waals surface area contributed by atoms with Crippen LogP contribution in [0, 0.1) is 0 Å². The van der Waals surface area contributed by atoms with Crippen LogP contribution in [0.5, 0.6) is 0 Å². The van der Waals surface area contributed by atoms with Crippen molar-refractivity contribution in [2.24, 2.45) is 0 Å². The van der Waals surface area contributed by atoms with E-state index in [0.717, 1.165) is 4.31 Å². The van der Waals surface area contributed by atoms with E-state index >= 15 is 0 Å². The number of carbonyl (C=O) groups excluding carboxylic acids is 2. The minimum Gasteiger partial charge on any atom is -0.448 e. The number of nitrogens with zero attached hydrogens (tertiary/aromatic N) is 2. The number of amides is 3. The Morgan fingerprint density at radius 2 is 1.96 bits per heavy atom. The average molecular weight is 370 g/mol. The summed E-state index contributed by atoms with van der Waals surface area (Å²) >= 11 is 0. The number of ether oxygens (including phenoxy) is 1. The SMILES string of the molecule is CC(CN1CCOC1=O)NC(=O)Nc1ccc(S(=O)(=O)N(C)C)cc1. The fourth-order valence-electron chi connectivity index (χ4n) is 2.28. The zero-order valence-electron chi connectivity index (χ0n) is 14.4. The molecular weight excluding hydrogens is 348 g/mol. The van der Waals surface area contributed by atoms with E-state index in [9.17, 15) is 18.0 Å².